The summed E-state index contributed by atoms with van der Waals surface area (Å²) in [7, 11) is 0. The number of fused-ring (bicyclic) bond motifs is 1. The Morgan fingerprint density at radius 1 is 0.969 bits per heavy atom. The summed E-state index contributed by atoms with van der Waals surface area (Å²) in [5.41, 5.74) is 0.343. The topological polar surface area (TPSA) is 113 Å². The molecule has 0 aliphatic heterocycles. The van der Waals surface area contributed by atoms with Crippen LogP contribution in [0.5, 0.6) is 11.5 Å². The molecule has 9 nitrogen and oxygen atoms in total. The van der Waals surface area contributed by atoms with E-state index in [0.717, 1.165) is 5.39 Å². The van der Waals surface area contributed by atoms with Crippen LogP contribution in [-0.4, -0.2) is 63.0 Å². The monoisotopic (exact) mass is 447 g/mol. The molecule has 0 aliphatic rings. The molecule has 0 saturated heterocycles. The van der Waals surface area contributed by atoms with Crippen LogP contribution in [-0.2, 0) is 19.0 Å². The molecular formula is C23H29NO8. The third kappa shape index (κ3) is 8.54. The number of esters is 1. The minimum Gasteiger partial charge on any atom is -0.465 e. The molecule has 2 N–H and O–H groups in total. The van der Waals surface area contributed by atoms with Gasteiger partial charge >= 0.3 is 12.1 Å². The van der Waals surface area contributed by atoms with Gasteiger partial charge in [-0.1, -0.05) is 30.8 Å². The van der Waals surface area contributed by atoms with Crippen molar-refractivity contribution in [2.45, 2.75) is 20.1 Å². The molecule has 2 aromatic rings. The fourth-order valence-corrected chi connectivity index (χ4v) is 2.63. The van der Waals surface area contributed by atoms with Crippen molar-refractivity contribution in [3.05, 3.63) is 48.6 Å². The second-order valence-corrected chi connectivity index (χ2v) is 6.78. The Morgan fingerprint density at radius 2 is 1.56 bits per heavy atom. The number of benzene rings is 2. The van der Waals surface area contributed by atoms with Crippen molar-refractivity contribution in [2.24, 2.45) is 0 Å². The highest BCUT2D eigenvalue weighted by Crippen LogP contribution is 2.32. The second-order valence-electron chi connectivity index (χ2n) is 6.78. The van der Waals surface area contributed by atoms with E-state index in [1.54, 1.807) is 37.3 Å². The molecule has 174 valence electrons. The summed E-state index contributed by atoms with van der Waals surface area (Å²) in [5, 5.41) is 13.5. The van der Waals surface area contributed by atoms with E-state index < -0.39 is 18.4 Å². The van der Waals surface area contributed by atoms with E-state index in [4.69, 9.17) is 23.7 Å². The maximum atomic E-state index is 12.1. The van der Waals surface area contributed by atoms with Gasteiger partial charge in [-0.25, -0.2) is 9.59 Å². The Morgan fingerprint density at radius 3 is 2.22 bits per heavy atom. The Bertz CT molecular complexity index is 912. The number of aliphatic hydroxyl groups is 1. The van der Waals surface area contributed by atoms with Crippen molar-refractivity contribution in [2.75, 3.05) is 39.6 Å². The van der Waals surface area contributed by atoms with Gasteiger partial charge in [-0.2, -0.15) is 0 Å². The first-order chi connectivity index (χ1) is 15.4. The number of hydrogen-bond donors (Lipinski definition) is 2. The van der Waals surface area contributed by atoms with Crippen molar-refractivity contribution in [3.63, 3.8) is 0 Å². The summed E-state index contributed by atoms with van der Waals surface area (Å²) in [6.45, 7) is 8.21. The quantitative estimate of drug-likeness (QED) is 0.209. The normalized spacial score (nSPS) is 11.6. The third-order valence-corrected chi connectivity index (χ3v) is 4.04. The van der Waals surface area contributed by atoms with Gasteiger partial charge in [0.1, 0.15) is 18.1 Å². The Balaban J connectivity index is 1.65. The van der Waals surface area contributed by atoms with E-state index in [2.05, 4.69) is 11.9 Å². The molecule has 0 fully saturated rings. The Kier molecular flexibility index (Phi) is 10.5. The maximum absolute atomic E-state index is 12.1. The van der Waals surface area contributed by atoms with Crippen LogP contribution in [0, 0.1) is 0 Å². The molecule has 2 rings (SSSR count). The van der Waals surface area contributed by atoms with Crippen molar-refractivity contribution < 1.29 is 38.4 Å². The molecule has 0 spiro atoms. The number of carbonyl (C=O) groups is 2. The van der Waals surface area contributed by atoms with Crippen LogP contribution in [0.25, 0.3) is 10.8 Å². The summed E-state index contributed by atoms with van der Waals surface area (Å²) in [4.78, 5) is 23.3. The molecule has 0 aromatic heterocycles. The van der Waals surface area contributed by atoms with Crippen LogP contribution < -0.4 is 14.8 Å². The molecule has 0 heterocycles. The van der Waals surface area contributed by atoms with Gasteiger partial charge in [0.15, 0.2) is 6.29 Å². The van der Waals surface area contributed by atoms with Gasteiger partial charge in [0.25, 0.3) is 0 Å². The summed E-state index contributed by atoms with van der Waals surface area (Å²) < 4.78 is 26.3. The van der Waals surface area contributed by atoms with Crippen LogP contribution in [0.15, 0.2) is 48.6 Å². The van der Waals surface area contributed by atoms with E-state index in [9.17, 15) is 14.7 Å². The fourth-order valence-electron chi connectivity index (χ4n) is 2.63. The van der Waals surface area contributed by atoms with Gasteiger partial charge in [-0.3, -0.25) is 0 Å². The second kappa shape index (κ2) is 13.3. The van der Waals surface area contributed by atoms with E-state index in [1.807, 2.05) is 6.07 Å². The highest BCUT2D eigenvalue weighted by atomic mass is 16.6. The lowest BCUT2D eigenvalue weighted by Gasteiger charge is -2.13. The number of nitrogens with one attached hydrogen (secondary N) is 1. The van der Waals surface area contributed by atoms with Crippen molar-refractivity contribution in [1.29, 1.82) is 0 Å². The number of ether oxygens (including phenoxy) is 5. The molecule has 1 atom stereocenters. The molecule has 1 amide bonds. The number of amides is 1. The Hall–Kier alpha value is -3.14. The van der Waals surface area contributed by atoms with Crippen LogP contribution in [0.2, 0.25) is 0 Å². The Labute approximate surface area is 186 Å². The average molecular weight is 447 g/mol. The highest BCUT2D eigenvalue weighted by Gasteiger charge is 2.11. The maximum Gasteiger partial charge on any atom is 0.412 e. The fraction of sp³-hybridized carbons (Fsp3) is 0.391. The first kappa shape index (κ1) is 25.1. The molecule has 1 unspecified atom stereocenters. The summed E-state index contributed by atoms with van der Waals surface area (Å²) >= 11 is 0. The molecule has 0 aliphatic carbocycles. The summed E-state index contributed by atoms with van der Waals surface area (Å²) in [6.07, 6.45) is -1.57. The first-order valence-electron chi connectivity index (χ1n) is 10.2. The number of carbonyl (C=O) groups excluding carboxylic acids is 2. The lowest BCUT2D eigenvalue weighted by atomic mass is 10.1. The average Bonchev–Trinajstić information content (AvgIpc) is 2.75. The number of rotatable bonds is 13. The van der Waals surface area contributed by atoms with E-state index >= 15 is 0 Å². The largest absolute Gasteiger partial charge is 0.465 e. The molecule has 2 aromatic carbocycles. The molecule has 0 radical (unpaired) electrons. The molecule has 9 heteroatoms. The molecular weight excluding hydrogens is 418 g/mol. The van der Waals surface area contributed by atoms with Gasteiger partial charge in [-0.05, 0) is 26.0 Å². The number of hydrogen-bond acceptors (Lipinski definition) is 8. The van der Waals surface area contributed by atoms with Gasteiger partial charge in [0.05, 0.1) is 26.4 Å². The van der Waals surface area contributed by atoms with Crippen LogP contribution in [0.3, 0.4) is 0 Å². The van der Waals surface area contributed by atoms with Crippen molar-refractivity contribution >= 4 is 22.8 Å². The lowest BCUT2D eigenvalue weighted by Crippen LogP contribution is -2.30. The van der Waals surface area contributed by atoms with E-state index in [0.29, 0.717) is 35.7 Å². The van der Waals surface area contributed by atoms with Crippen molar-refractivity contribution in [3.8, 4) is 11.5 Å². The van der Waals surface area contributed by atoms with Crippen molar-refractivity contribution in [1.82, 2.24) is 5.32 Å². The van der Waals surface area contributed by atoms with E-state index in [1.165, 1.54) is 6.92 Å². The highest BCUT2D eigenvalue weighted by molar-refractivity contribution is 5.94. The summed E-state index contributed by atoms with van der Waals surface area (Å²) in [5.74, 6) is 0.422. The number of aliphatic hydroxyl groups excluding tert-OH is 1. The first-order valence-corrected chi connectivity index (χ1v) is 10.2. The molecule has 0 saturated carbocycles. The van der Waals surface area contributed by atoms with Crippen LogP contribution >= 0.6 is 0 Å². The predicted octanol–water partition coefficient (Wildman–Crippen LogP) is 2.80. The zero-order valence-corrected chi connectivity index (χ0v) is 18.3. The molecule has 32 heavy (non-hydrogen) atoms. The predicted molar refractivity (Wildman–Crippen MR) is 118 cm³/mol. The van der Waals surface area contributed by atoms with Gasteiger partial charge in [-0.15, -0.1) is 0 Å². The molecule has 0 bridgehead atoms. The van der Waals surface area contributed by atoms with Gasteiger partial charge in [0.2, 0.25) is 0 Å². The minimum absolute atomic E-state index is 0.153. The zero-order valence-electron chi connectivity index (χ0n) is 18.3. The van der Waals surface area contributed by atoms with E-state index in [-0.39, 0.29) is 26.4 Å². The summed E-state index contributed by atoms with van der Waals surface area (Å²) in [6, 6.07) is 10.5. The lowest BCUT2D eigenvalue weighted by molar-refractivity contribution is -0.140. The van der Waals surface area contributed by atoms with Crippen LogP contribution in [0.4, 0.5) is 4.79 Å². The van der Waals surface area contributed by atoms with Crippen LogP contribution in [0.1, 0.15) is 13.8 Å². The zero-order chi connectivity index (χ0) is 23.3. The smallest absolute Gasteiger partial charge is 0.412 e. The standard InChI is InChI=1S/C23H29NO8/c1-16(2)22(26)30-15-14-29-13-12-28-11-10-24-23(27)32-21-9-5-6-18-19(21)7-4-8-20(18)31-17(3)25/h4-9,17,25H,1,10-15H2,2-3H3,(H,24,27). The van der Waals surface area contributed by atoms with Gasteiger partial charge < -0.3 is 34.1 Å². The SMILES string of the molecule is C=C(C)C(=O)OCCOCCOCCNC(=O)Oc1cccc2c(OC(C)O)cccc12. The third-order valence-electron chi connectivity index (χ3n) is 4.04. The minimum atomic E-state index is -0.960. The van der Waals surface area contributed by atoms with Gasteiger partial charge in [0, 0.05) is 22.9 Å².